The lowest BCUT2D eigenvalue weighted by Gasteiger charge is -2.43. The normalized spacial score (nSPS) is 21.6. The van der Waals surface area contributed by atoms with Gasteiger partial charge in [-0.05, 0) is 44.0 Å². The monoisotopic (exact) mass is 485 g/mol. The molecule has 0 radical (unpaired) electrons. The zero-order valence-electron chi connectivity index (χ0n) is 20.9. The fourth-order valence-electron chi connectivity index (χ4n) is 5.66. The molecule has 0 aliphatic carbocycles. The number of fused-ring (bicyclic) bond motifs is 2. The zero-order chi connectivity index (χ0) is 25.0. The molecular weight excluding hydrogens is 454 g/mol. The third-order valence-electron chi connectivity index (χ3n) is 7.62. The summed E-state index contributed by atoms with van der Waals surface area (Å²) in [5.74, 6) is 1.95. The van der Waals surface area contributed by atoms with Crippen molar-refractivity contribution in [3.05, 3.63) is 60.3 Å². The van der Waals surface area contributed by atoms with Crippen molar-refractivity contribution >= 4 is 17.4 Å². The van der Waals surface area contributed by atoms with E-state index >= 15 is 0 Å². The predicted octanol–water partition coefficient (Wildman–Crippen LogP) is 3.57. The van der Waals surface area contributed by atoms with Gasteiger partial charge in [0.1, 0.15) is 11.9 Å². The van der Waals surface area contributed by atoms with Crippen LogP contribution < -0.4 is 10.1 Å². The molecule has 9 nitrogen and oxygen atoms in total. The van der Waals surface area contributed by atoms with Gasteiger partial charge in [-0.25, -0.2) is 4.98 Å². The first-order chi connectivity index (χ1) is 17.4. The van der Waals surface area contributed by atoms with Gasteiger partial charge in [0.15, 0.2) is 5.75 Å². The van der Waals surface area contributed by atoms with E-state index in [0.717, 1.165) is 77.9 Å². The van der Waals surface area contributed by atoms with Gasteiger partial charge in [0.05, 0.1) is 17.6 Å². The number of carbonyl (C=O) groups is 1. The fraction of sp³-hybridized carbons (Fsp3) is 0.407. The van der Waals surface area contributed by atoms with Gasteiger partial charge >= 0.3 is 0 Å². The van der Waals surface area contributed by atoms with Crippen molar-refractivity contribution < 1.29 is 9.53 Å². The predicted molar refractivity (Wildman–Crippen MR) is 137 cm³/mol. The van der Waals surface area contributed by atoms with E-state index in [1.165, 1.54) is 6.08 Å². The van der Waals surface area contributed by atoms with Crippen molar-refractivity contribution in [1.29, 1.82) is 0 Å². The van der Waals surface area contributed by atoms with Crippen LogP contribution in [0.15, 0.2) is 43.4 Å². The summed E-state index contributed by atoms with van der Waals surface area (Å²) in [7, 11) is 1.92. The zero-order valence-corrected chi connectivity index (χ0v) is 20.9. The first-order valence-electron chi connectivity index (χ1n) is 12.5. The summed E-state index contributed by atoms with van der Waals surface area (Å²) in [6, 6.07) is 4.54. The van der Waals surface area contributed by atoms with Crippen LogP contribution in [0.25, 0.3) is 11.1 Å². The summed E-state index contributed by atoms with van der Waals surface area (Å²) in [5, 5.41) is 7.90. The van der Waals surface area contributed by atoms with Gasteiger partial charge < -0.3 is 15.0 Å². The largest absolute Gasteiger partial charge is 0.482 e. The smallest absolute Gasteiger partial charge is 0.246 e. The third kappa shape index (κ3) is 3.83. The molecule has 36 heavy (non-hydrogen) atoms. The maximum absolute atomic E-state index is 11.9. The number of hydrogen-bond acceptors (Lipinski definition) is 7. The highest BCUT2D eigenvalue weighted by atomic mass is 16.5. The average molecular weight is 486 g/mol. The van der Waals surface area contributed by atoms with E-state index < -0.39 is 0 Å². The van der Waals surface area contributed by atoms with E-state index in [-0.39, 0.29) is 12.0 Å². The minimum Gasteiger partial charge on any atom is -0.482 e. The van der Waals surface area contributed by atoms with Gasteiger partial charge in [0.25, 0.3) is 0 Å². The summed E-state index contributed by atoms with van der Waals surface area (Å²) in [5.41, 5.74) is 5.94. The van der Waals surface area contributed by atoms with Crippen molar-refractivity contribution in [2.75, 3.05) is 31.5 Å². The second-order valence-corrected chi connectivity index (χ2v) is 10.00. The quantitative estimate of drug-likeness (QED) is 0.565. The molecule has 2 saturated heterocycles. The highest BCUT2D eigenvalue weighted by Crippen LogP contribution is 2.44. The Bertz CT molecular complexity index is 1340. The van der Waals surface area contributed by atoms with Crippen LogP contribution in [0.4, 0.5) is 11.5 Å². The molecule has 3 aliphatic rings. The summed E-state index contributed by atoms with van der Waals surface area (Å²) in [6.07, 6.45) is 7.91. The molecule has 186 valence electrons. The second-order valence-electron chi connectivity index (χ2n) is 10.00. The molecule has 3 aromatic heterocycles. The van der Waals surface area contributed by atoms with Gasteiger partial charge in [-0.2, -0.15) is 5.10 Å². The van der Waals surface area contributed by atoms with Crippen LogP contribution in [0, 0.1) is 6.92 Å². The third-order valence-corrected chi connectivity index (χ3v) is 7.62. The summed E-state index contributed by atoms with van der Waals surface area (Å²) < 4.78 is 8.27. The number of pyridine rings is 2. The summed E-state index contributed by atoms with van der Waals surface area (Å²) in [4.78, 5) is 25.9. The van der Waals surface area contributed by atoms with Gasteiger partial charge in [0.2, 0.25) is 5.91 Å². The number of aryl methyl sites for hydroxylation is 2. The fourth-order valence-corrected chi connectivity index (χ4v) is 5.66. The van der Waals surface area contributed by atoms with Crippen LogP contribution in [0.1, 0.15) is 42.3 Å². The molecule has 3 aromatic rings. The Morgan fingerprint density at radius 3 is 2.89 bits per heavy atom. The molecule has 0 spiro atoms. The topological polar surface area (TPSA) is 88.4 Å². The number of likely N-dealkylation sites (tertiary alicyclic amines) is 2. The Labute approximate surface area is 210 Å². The van der Waals surface area contributed by atoms with Crippen molar-refractivity contribution in [1.82, 2.24) is 29.5 Å². The van der Waals surface area contributed by atoms with Gasteiger partial charge in [0, 0.05) is 74.4 Å². The molecule has 2 atom stereocenters. The molecule has 0 aromatic carbocycles. The lowest BCUT2D eigenvalue weighted by molar-refractivity contribution is -0.125. The van der Waals surface area contributed by atoms with Crippen molar-refractivity contribution in [2.45, 2.75) is 38.3 Å². The number of ether oxygens (including phenoxy) is 1. The summed E-state index contributed by atoms with van der Waals surface area (Å²) >= 11 is 0. The number of anilines is 2. The van der Waals surface area contributed by atoms with E-state index in [4.69, 9.17) is 9.72 Å². The second kappa shape index (κ2) is 8.74. The molecule has 0 unspecified atom stereocenters. The molecular formula is C27H31N7O2. The summed E-state index contributed by atoms with van der Waals surface area (Å²) in [6.45, 7) is 11.2. The highest BCUT2D eigenvalue weighted by Gasteiger charge is 2.38. The first-order valence-corrected chi connectivity index (χ1v) is 12.5. The van der Waals surface area contributed by atoms with Crippen LogP contribution in [-0.4, -0.2) is 67.7 Å². The van der Waals surface area contributed by atoms with Crippen LogP contribution >= 0.6 is 0 Å². The van der Waals surface area contributed by atoms with E-state index in [1.807, 2.05) is 43.5 Å². The maximum Gasteiger partial charge on any atom is 0.246 e. The Morgan fingerprint density at radius 1 is 1.31 bits per heavy atom. The van der Waals surface area contributed by atoms with E-state index in [1.54, 1.807) is 4.68 Å². The number of rotatable bonds is 4. The molecule has 1 N–H and O–H groups in total. The van der Waals surface area contributed by atoms with Crippen molar-refractivity contribution in [3.8, 4) is 16.9 Å². The Hall–Kier alpha value is -3.72. The van der Waals surface area contributed by atoms with Gasteiger partial charge in [-0.15, -0.1) is 0 Å². The van der Waals surface area contributed by atoms with E-state index in [9.17, 15) is 4.79 Å². The molecule has 1 amide bonds. The van der Waals surface area contributed by atoms with Crippen LogP contribution in [0.2, 0.25) is 0 Å². The van der Waals surface area contributed by atoms with Crippen molar-refractivity contribution in [3.63, 3.8) is 0 Å². The molecule has 6 rings (SSSR count). The number of hydrogen-bond donors (Lipinski definition) is 1. The average Bonchev–Trinajstić information content (AvgIpc) is 3.46. The van der Waals surface area contributed by atoms with Crippen LogP contribution in [-0.2, 0) is 11.8 Å². The number of amides is 1. The molecule has 6 heterocycles. The number of nitrogens with one attached hydrogen (secondary N) is 1. The molecule has 3 aliphatic heterocycles. The lowest BCUT2D eigenvalue weighted by Crippen LogP contribution is -2.52. The highest BCUT2D eigenvalue weighted by molar-refractivity contribution is 5.87. The van der Waals surface area contributed by atoms with Crippen LogP contribution in [0.3, 0.4) is 0 Å². The Balaban J connectivity index is 1.23. The van der Waals surface area contributed by atoms with Crippen LogP contribution in [0.5, 0.6) is 5.75 Å². The lowest BCUT2D eigenvalue weighted by atomic mass is 9.92. The van der Waals surface area contributed by atoms with Gasteiger partial charge in [-0.3, -0.25) is 19.4 Å². The minimum atomic E-state index is -0.202. The van der Waals surface area contributed by atoms with E-state index in [0.29, 0.717) is 12.0 Å². The standard InChI is InChI=1S/C27H31N7O2/c1-5-24(35)33-9-7-20(15-33)34-13-19(14-34)22-10-23-26(16(2)30-22)36-17(3)25-21(6-8-28-27(25)31-23)18-11-29-32(4)12-18/h5-6,8,10-12,17,19-20H,1,7,9,13-15H2,2-4H3,(H,28,31)/t17-,20-/m1/s1. The van der Waals surface area contributed by atoms with Gasteiger partial charge in [-0.1, -0.05) is 6.58 Å². The SMILES string of the molecule is C=CC(=O)N1CC[C@@H](N2CC(c3cc4c(c(C)n3)O[C@H](C)c3c(-c5cnn(C)c5)ccnc3N4)C2)C1. The van der Waals surface area contributed by atoms with E-state index in [2.05, 4.69) is 39.9 Å². The minimum absolute atomic E-state index is 0.0264. The molecule has 0 saturated carbocycles. The Kier molecular flexibility index (Phi) is 5.52. The first kappa shape index (κ1) is 22.7. The maximum atomic E-state index is 11.9. The number of carbonyl (C=O) groups excluding carboxylic acids is 1. The van der Waals surface area contributed by atoms with Crippen molar-refractivity contribution in [2.24, 2.45) is 7.05 Å². The number of nitrogens with zero attached hydrogens (tertiary/aromatic N) is 6. The molecule has 2 fully saturated rings. The Morgan fingerprint density at radius 2 is 2.14 bits per heavy atom. The molecule has 0 bridgehead atoms. The number of aromatic nitrogens is 4. The molecule has 9 heteroatoms.